The zero-order chi connectivity index (χ0) is 15.1. The predicted molar refractivity (Wildman–Crippen MR) is 69.5 cm³/mol. The van der Waals surface area contributed by atoms with Gasteiger partial charge in [-0.1, -0.05) is 0 Å². The van der Waals surface area contributed by atoms with Crippen LogP contribution in [0.5, 0.6) is 0 Å². The largest absolute Gasteiger partial charge is 0.493 e. The fourth-order valence-electron chi connectivity index (χ4n) is 1.92. The first-order valence-electron chi connectivity index (χ1n) is 6.12. The van der Waals surface area contributed by atoms with Gasteiger partial charge < -0.3 is 25.4 Å². The zero-order valence-electron chi connectivity index (χ0n) is 11.1. The molecule has 0 aromatic heterocycles. The second kappa shape index (κ2) is 7.49. The van der Waals surface area contributed by atoms with Crippen molar-refractivity contribution in [2.75, 3.05) is 20.3 Å². The number of nitrogens with zero attached hydrogens (tertiary/aromatic N) is 1. The number of aliphatic hydroxyl groups is 1. The number of carboxylic acid groups (broad SMARTS) is 2. The number of aliphatic imine (C=N–C) groups is 1. The maximum atomic E-state index is 10.9. The van der Waals surface area contributed by atoms with Gasteiger partial charge in [-0.25, -0.2) is 4.79 Å². The standard InChI is InChI=1S/C12H18N2O6/c1-20-11-7(13-5-10(16)17)3-2-4-8(11)14-9(6-15)12(18)19/h9,14-15H,2-6H2,1H3,(H,16,17)(H,18,19)/t9-/m0/s1. The van der Waals surface area contributed by atoms with E-state index in [1.165, 1.54) is 7.11 Å². The lowest BCUT2D eigenvalue weighted by atomic mass is 10.00. The van der Waals surface area contributed by atoms with Gasteiger partial charge in [0.05, 0.1) is 25.1 Å². The fourth-order valence-corrected chi connectivity index (χ4v) is 1.92. The van der Waals surface area contributed by atoms with Crippen LogP contribution in [0.3, 0.4) is 0 Å². The Morgan fingerprint density at radius 3 is 2.60 bits per heavy atom. The van der Waals surface area contributed by atoms with Crippen molar-refractivity contribution in [1.29, 1.82) is 0 Å². The molecule has 1 aliphatic rings. The molecule has 0 amide bonds. The van der Waals surface area contributed by atoms with E-state index in [-0.39, 0.29) is 6.54 Å². The highest BCUT2D eigenvalue weighted by atomic mass is 16.5. The number of rotatable bonds is 7. The summed E-state index contributed by atoms with van der Waals surface area (Å²) in [7, 11) is 1.41. The highest BCUT2D eigenvalue weighted by Gasteiger charge is 2.24. The average Bonchev–Trinajstić information content (AvgIpc) is 2.41. The maximum absolute atomic E-state index is 10.9. The molecule has 0 aromatic carbocycles. The molecule has 0 saturated carbocycles. The van der Waals surface area contributed by atoms with E-state index in [1.54, 1.807) is 0 Å². The molecule has 0 aliphatic heterocycles. The molecule has 0 unspecified atom stereocenters. The van der Waals surface area contributed by atoms with E-state index in [9.17, 15) is 9.59 Å². The van der Waals surface area contributed by atoms with E-state index in [0.717, 1.165) is 0 Å². The third kappa shape index (κ3) is 4.23. The molecule has 20 heavy (non-hydrogen) atoms. The summed E-state index contributed by atoms with van der Waals surface area (Å²) >= 11 is 0. The summed E-state index contributed by atoms with van der Waals surface area (Å²) in [6.07, 6.45) is 1.82. The summed E-state index contributed by atoms with van der Waals surface area (Å²) < 4.78 is 5.19. The molecule has 0 aromatic rings. The van der Waals surface area contributed by atoms with Gasteiger partial charge >= 0.3 is 11.9 Å². The lowest BCUT2D eigenvalue weighted by Crippen LogP contribution is -2.40. The SMILES string of the molecule is COC1=C(N[C@@H](CO)C(=O)O)CCCC1=NCC(=O)O. The monoisotopic (exact) mass is 286 g/mol. The van der Waals surface area contributed by atoms with Crippen LogP contribution in [0, 0.1) is 0 Å². The Balaban J connectivity index is 2.97. The van der Waals surface area contributed by atoms with Gasteiger partial charge in [-0.3, -0.25) is 9.79 Å². The Morgan fingerprint density at radius 2 is 2.10 bits per heavy atom. The first-order chi connectivity index (χ1) is 9.49. The van der Waals surface area contributed by atoms with E-state index < -0.39 is 24.6 Å². The van der Waals surface area contributed by atoms with Crippen molar-refractivity contribution in [1.82, 2.24) is 5.32 Å². The van der Waals surface area contributed by atoms with Crippen molar-refractivity contribution in [3.63, 3.8) is 0 Å². The van der Waals surface area contributed by atoms with E-state index >= 15 is 0 Å². The normalized spacial score (nSPS) is 18.8. The second-order valence-corrected chi connectivity index (χ2v) is 4.24. The number of carboxylic acids is 2. The Morgan fingerprint density at radius 1 is 1.40 bits per heavy atom. The highest BCUT2D eigenvalue weighted by molar-refractivity contribution is 6.00. The predicted octanol–water partition coefficient (Wildman–Crippen LogP) is -0.411. The number of aliphatic carboxylic acids is 2. The number of hydrogen-bond acceptors (Lipinski definition) is 6. The number of nitrogens with one attached hydrogen (secondary N) is 1. The second-order valence-electron chi connectivity index (χ2n) is 4.24. The molecule has 8 nitrogen and oxygen atoms in total. The van der Waals surface area contributed by atoms with Gasteiger partial charge in [-0.05, 0) is 19.3 Å². The number of ether oxygens (including phenoxy) is 1. The molecular weight excluding hydrogens is 268 g/mol. The van der Waals surface area contributed by atoms with Crippen molar-refractivity contribution < 1.29 is 29.6 Å². The van der Waals surface area contributed by atoms with Gasteiger partial charge in [-0.2, -0.15) is 0 Å². The van der Waals surface area contributed by atoms with Crippen LogP contribution in [-0.2, 0) is 14.3 Å². The molecular formula is C12H18N2O6. The number of methoxy groups -OCH3 is 1. The maximum Gasteiger partial charge on any atom is 0.328 e. The summed E-state index contributed by atoms with van der Waals surface area (Å²) in [5, 5.41) is 29.3. The van der Waals surface area contributed by atoms with Gasteiger partial charge in [0.2, 0.25) is 0 Å². The van der Waals surface area contributed by atoms with E-state index in [2.05, 4.69) is 10.3 Å². The molecule has 4 N–H and O–H groups in total. The van der Waals surface area contributed by atoms with E-state index in [4.69, 9.17) is 20.1 Å². The smallest absolute Gasteiger partial charge is 0.328 e. The van der Waals surface area contributed by atoms with Crippen molar-refractivity contribution >= 4 is 17.7 Å². The highest BCUT2D eigenvalue weighted by Crippen LogP contribution is 2.22. The average molecular weight is 286 g/mol. The van der Waals surface area contributed by atoms with Crippen LogP contribution in [0.2, 0.25) is 0 Å². The molecule has 112 valence electrons. The Hall–Kier alpha value is -2.09. The summed E-state index contributed by atoms with van der Waals surface area (Å²) in [6, 6.07) is -1.13. The minimum atomic E-state index is -1.18. The summed E-state index contributed by atoms with van der Waals surface area (Å²) in [6.45, 7) is -0.921. The first kappa shape index (κ1) is 16.0. The summed E-state index contributed by atoms with van der Waals surface area (Å²) in [5.74, 6) is -1.87. The topological polar surface area (TPSA) is 128 Å². The molecule has 1 atom stereocenters. The van der Waals surface area contributed by atoms with Crippen LogP contribution < -0.4 is 5.32 Å². The van der Waals surface area contributed by atoms with Gasteiger partial charge in [0.15, 0.2) is 5.76 Å². The van der Waals surface area contributed by atoms with E-state index in [1.807, 2.05) is 0 Å². The molecule has 0 spiro atoms. The molecule has 1 aliphatic carbocycles. The van der Waals surface area contributed by atoms with Crippen molar-refractivity contribution in [3.05, 3.63) is 11.5 Å². The Kier molecular flexibility index (Phi) is 5.98. The minimum absolute atomic E-state index is 0.359. The third-order valence-corrected chi connectivity index (χ3v) is 2.81. The first-order valence-corrected chi connectivity index (χ1v) is 6.12. The Bertz CT molecular complexity index is 443. The summed E-state index contributed by atoms with van der Waals surface area (Å²) in [4.78, 5) is 25.4. The number of hydrogen-bond donors (Lipinski definition) is 4. The number of allylic oxidation sites excluding steroid dienone is 2. The fraction of sp³-hybridized carbons (Fsp3) is 0.583. The van der Waals surface area contributed by atoms with Crippen LogP contribution in [0.1, 0.15) is 19.3 Å². The van der Waals surface area contributed by atoms with E-state index in [0.29, 0.717) is 36.4 Å². The van der Waals surface area contributed by atoms with Crippen LogP contribution >= 0.6 is 0 Å². The third-order valence-electron chi connectivity index (χ3n) is 2.81. The van der Waals surface area contributed by atoms with Crippen LogP contribution in [0.15, 0.2) is 16.4 Å². The minimum Gasteiger partial charge on any atom is -0.493 e. The number of aliphatic hydroxyl groups excluding tert-OH is 1. The quantitative estimate of drug-likeness (QED) is 0.500. The molecule has 0 radical (unpaired) electrons. The van der Waals surface area contributed by atoms with Gasteiger partial charge in [-0.15, -0.1) is 0 Å². The lowest BCUT2D eigenvalue weighted by molar-refractivity contribution is -0.140. The molecule has 8 heteroatoms. The van der Waals surface area contributed by atoms with Gasteiger partial charge in [0.1, 0.15) is 12.6 Å². The summed E-state index contributed by atoms with van der Waals surface area (Å²) in [5.41, 5.74) is 1.01. The lowest BCUT2D eigenvalue weighted by Gasteiger charge is -2.24. The van der Waals surface area contributed by atoms with Crippen LogP contribution in [0.25, 0.3) is 0 Å². The Labute approximate surface area is 115 Å². The van der Waals surface area contributed by atoms with Gasteiger partial charge in [0, 0.05) is 0 Å². The molecule has 0 bridgehead atoms. The molecule has 1 rings (SSSR count). The van der Waals surface area contributed by atoms with Gasteiger partial charge in [0.25, 0.3) is 0 Å². The van der Waals surface area contributed by atoms with Crippen molar-refractivity contribution in [2.24, 2.45) is 4.99 Å². The van der Waals surface area contributed by atoms with Crippen molar-refractivity contribution in [3.8, 4) is 0 Å². The van der Waals surface area contributed by atoms with Crippen LogP contribution in [0.4, 0.5) is 0 Å². The van der Waals surface area contributed by atoms with Crippen molar-refractivity contribution in [2.45, 2.75) is 25.3 Å². The zero-order valence-corrected chi connectivity index (χ0v) is 11.1. The molecule has 0 fully saturated rings. The molecule has 0 heterocycles. The molecule has 0 saturated heterocycles. The number of carbonyl (C=O) groups is 2. The van der Waals surface area contributed by atoms with Crippen LogP contribution in [-0.4, -0.2) is 59.3 Å².